The van der Waals surface area contributed by atoms with Crippen LogP contribution in [0.4, 0.5) is 5.82 Å². The van der Waals surface area contributed by atoms with Crippen molar-refractivity contribution in [1.82, 2.24) is 19.8 Å². The van der Waals surface area contributed by atoms with Gasteiger partial charge in [0.2, 0.25) is 0 Å². The van der Waals surface area contributed by atoms with Gasteiger partial charge in [0.1, 0.15) is 12.1 Å². The van der Waals surface area contributed by atoms with E-state index in [0.717, 1.165) is 53.8 Å². The van der Waals surface area contributed by atoms with Crippen molar-refractivity contribution in [3.63, 3.8) is 0 Å². The van der Waals surface area contributed by atoms with E-state index in [1.54, 1.807) is 22.7 Å². The lowest BCUT2D eigenvalue weighted by atomic mass is 10.3. The van der Waals surface area contributed by atoms with Gasteiger partial charge in [-0.3, -0.25) is 9.80 Å². The summed E-state index contributed by atoms with van der Waals surface area (Å²) in [6, 6.07) is 6.14. The van der Waals surface area contributed by atoms with Crippen LogP contribution >= 0.6 is 34.3 Å². The van der Waals surface area contributed by atoms with Crippen LogP contribution in [0.5, 0.6) is 0 Å². The van der Waals surface area contributed by atoms with Gasteiger partial charge < -0.3 is 5.73 Å². The van der Waals surface area contributed by atoms with Gasteiger partial charge >= 0.3 is 0 Å². The van der Waals surface area contributed by atoms with Gasteiger partial charge in [-0.05, 0) is 24.3 Å². The number of rotatable bonds is 5. The molecule has 26 heavy (non-hydrogen) atoms. The summed E-state index contributed by atoms with van der Waals surface area (Å²) in [6.07, 6.45) is 5.92. The Morgan fingerprint density at radius 1 is 1.12 bits per heavy atom. The minimum Gasteiger partial charge on any atom is -0.382 e. The van der Waals surface area contributed by atoms with Crippen molar-refractivity contribution in [3.05, 3.63) is 44.7 Å². The highest BCUT2D eigenvalue weighted by atomic mass is 35.5. The first-order valence-electron chi connectivity index (χ1n) is 8.53. The molecule has 0 spiro atoms. The van der Waals surface area contributed by atoms with Gasteiger partial charge in [-0.15, -0.1) is 22.7 Å². The standard InChI is InChI=1S/C18H20ClN5S2/c19-16-4-3-13(25-16)2-1-5-23-6-8-24(9-7-23)11-14-10-15-17(26-14)18(20)22-12-21-15/h1-4,10,12H,5-9,11H2,(H2,20,21,22). The number of halogens is 1. The molecule has 5 nitrogen and oxygen atoms in total. The molecular weight excluding hydrogens is 386 g/mol. The molecule has 3 aromatic heterocycles. The van der Waals surface area contributed by atoms with Crippen molar-refractivity contribution in [2.75, 3.05) is 38.5 Å². The Morgan fingerprint density at radius 2 is 1.92 bits per heavy atom. The molecular formula is C18H20ClN5S2. The van der Waals surface area contributed by atoms with E-state index in [-0.39, 0.29) is 0 Å². The highest BCUT2D eigenvalue weighted by Crippen LogP contribution is 2.28. The fourth-order valence-corrected chi connectivity index (χ4v) is 5.13. The van der Waals surface area contributed by atoms with E-state index >= 15 is 0 Å². The van der Waals surface area contributed by atoms with Crippen LogP contribution in [-0.2, 0) is 6.54 Å². The molecule has 1 aliphatic heterocycles. The zero-order chi connectivity index (χ0) is 17.9. The van der Waals surface area contributed by atoms with E-state index in [2.05, 4.69) is 44.1 Å². The van der Waals surface area contributed by atoms with E-state index in [4.69, 9.17) is 17.3 Å². The summed E-state index contributed by atoms with van der Waals surface area (Å²) in [5.41, 5.74) is 6.89. The van der Waals surface area contributed by atoms with Gasteiger partial charge in [0, 0.05) is 49.0 Å². The minimum absolute atomic E-state index is 0.579. The molecule has 0 amide bonds. The van der Waals surface area contributed by atoms with E-state index in [1.165, 1.54) is 16.1 Å². The van der Waals surface area contributed by atoms with Gasteiger partial charge in [-0.25, -0.2) is 9.97 Å². The number of nitrogen functional groups attached to an aromatic ring is 1. The molecule has 0 radical (unpaired) electrons. The first-order chi connectivity index (χ1) is 12.7. The van der Waals surface area contributed by atoms with Gasteiger partial charge in [0.15, 0.2) is 0 Å². The molecule has 3 aromatic rings. The average molecular weight is 406 g/mol. The predicted molar refractivity (Wildman–Crippen MR) is 112 cm³/mol. The van der Waals surface area contributed by atoms with Crippen LogP contribution in [0, 0.1) is 0 Å². The SMILES string of the molecule is Nc1ncnc2cc(CN3CCN(CC=Cc4ccc(Cl)s4)CC3)sc12. The average Bonchev–Trinajstić information content (AvgIpc) is 3.23. The maximum atomic E-state index is 5.96. The van der Waals surface area contributed by atoms with Gasteiger partial charge in [0.25, 0.3) is 0 Å². The zero-order valence-electron chi connectivity index (χ0n) is 14.3. The summed E-state index contributed by atoms with van der Waals surface area (Å²) in [4.78, 5) is 15.9. The number of piperazine rings is 1. The summed E-state index contributed by atoms with van der Waals surface area (Å²) in [5, 5.41) is 0. The van der Waals surface area contributed by atoms with Crippen molar-refractivity contribution >= 4 is 56.4 Å². The van der Waals surface area contributed by atoms with Crippen molar-refractivity contribution in [1.29, 1.82) is 0 Å². The Labute approximate surface area is 165 Å². The normalized spacial score (nSPS) is 16.8. The molecule has 2 N–H and O–H groups in total. The third-order valence-corrected chi connectivity index (χ3v) is 6.80. The number of fused-ring (bicyclic) bond motifs is 1. The second-order valence-electron chi connectivity index (χ2n) is 6.31. The topological polar surface area (TPSA) is 58.3 Å². The van der Waals surface area contributed by atoms with Crippen LogP contribution in [0.25, 0.3) is 16.3 Å². The van der Waals surface area contributed by atoms with E-state index in [1.807, 2.05) is 6.07 Å². The number of anilines is 1. The van der Waals surface area contributed by atoms with Crippen LogP contribution in [0.2, 0.25) is 4.34 Å². The molecule has 0 saturated carbocycles. The van der Waals surface area contributed by atoms with E-state index in [9.17, 15) is 0 Å². The van der Waals surface area contributed by atoms with E-state index in [0.29, 0.717) is 5.82 Å². The highest BCUT2D eigenvalue weighted by molar-refractivity contribution is 7.19. The number of nitrogens with zero attached hydrogens (tertiary/aromatic N) is 4. The second-order valence-corrected chi connectivity index (χ2v) is 9.19. The van der Waals surface area contributed by atoms with Crippen molar-refractivity contribution < 1.29 is 0 Å². The second kappa shape index (κ2) is 8.02. The first-order valence-corrected chi connectivity index (χ1v) is 10.5. The Bertz CT molecular complexity index is 911. The molecule has 8 heteroatoms. The third-order valence-electron chi connectivity index (χ3n) is 4.47. The smallest absolute Gasteiger partial charge is 0.144 e. The third kappa shape index (κ3) is 4.24. The monoisotopic (exact) mass is 405 g/mol. The quantitative estimate of drug-likeness (QED) is 0.699. The van der Waals surface area contributed by atoms with Crippen molar-refractivity contribution in [2.24, 2.45) is 0 Å². The summed E-state index contributed by atoms with van der Waals surface area (Å²) in [6.45, 7) is 6.27. The lowest BCUT2D eigenvalue weighted by Gasteiger charge is -2.33. The molecule has 136 valence electrons. The number of hydrogen-bond donors (Lipinski definition) is 1. The first kappa shape index (κ1) is 17.9. The number of hydrogen-bond acceptors (Lipinski definition) is 7. The molecule has 0 aliphatic carbocycles. The Hall–Kier alpha value is -1.51. The maximum absolute atomic E-state index is 5.96. The Morgan fingerprint density at radius 3 is 2.65 bits per heavy atom. The fraction of sp³-hybridized carbons (Fsp3) is 0.333. The minimum atomic E-state index is 0.579. The molecule has 0 bridgehead atoms. The summed E-state index contributed by atoms with van der Waals surface area (Å²) in [5.74, 6) is 0.579. The summed E-state index contributed by atoms with van der Waals surface area (Å²) >= 11 is 9.28. The largest absolute Gasteiger partial charge is 0.382 e. The molecule has 0 aromatic carbocycles. The highest BCUT2D eigenvalue weighted by Gasteiger charge is 2.17. The fourth-order valence-electron chi connectivity index (χ4n) is 3.09. The van der Waals surface area contributed by atoms with Crippen LogP contribution in [-0.4, -0.2) is 52.5 Å². The van der Waals surface area contributed by atoms with Gasteiger partial charge in [-0.2, -0.15) is 0 Å². The van der Waals surface area contributed by atoms with Crippen LogP contribution < -0.4 is 5.73 Å². The molecule has 0 unspecified atom stereocenters. The molecule has 4 heterocycles. The summed E-state index contributed by atoms with van der Waals surface area (Å²) in [7, 11) is 0. The molecule has 0 atom stereocenters. The van der Waals surface area contributed by atoms with Crippen LogP contribution in [0.15, 0.2) is 30.6 Å². The van der Waals surface area contributed by atoms with Crippen LogP contribution in [0.1, 0.15) is 9.75 Å². The number of aromatic nitrogens is 2. The van der Waals surface area contributed by atoms with E-state index < -0.39 is 0 Å². The van der Waals surface area contributed by atoms with Crippen molar-refractivity contribution in [3.8, 4) is 0 Å². The molecule has 1 fully saturated rings. The summed E-state index contributed by atoms with van der Waals surface area (Å²) < 4.78 is 1.84. The lowest BCUT2D eigenvalue weighted by Crippen LogP contribution is -2.45. The van der Waals surface area contributed by atoms with Crippen LogP contribution in [0.3, 0.4) is 0 Å². The Balaban J connectivity index is 1.28. The van der Waals surface area contributed by atoms with Gasteiger partial charge in [-0.1, -0.05) is 17.7 Å². The maximum Gasteiger partial charge on any atom is 0.144 e. The molecule has 1 aliphatic rings. The Kier molecular flexibility index (Phi) is 5.52. The lowest BCUT2D eigenvalue weighted by molar-refractivity contribution is 0.138. The van der Waals surface area contributed by atoms with Crippen molar-refractivity contribution in [2.45, 2.75) is 6.54 Å². The zero-order valence-corrected chi connectivity index (χ0v) is 16.7. The number of thiophene rings is 2. The molecule has 4 rings (SSSR count). The predicted octanol–water partition coefficient (Wildman–Crippen LogP) is 3.82. The molecule has 1 saturated heterocycles. The number of nitrogens with two attached hydrogens (primary N) is 1. The van der Waals surface area contributed by atoms with Gasteiger partial charge in [0.05, 0.1) is 14.6 Å².